The summed E-state index contributed by atoms with van der Waals surface area (Å²) in [6.07, 6.45) is 0. The number of anilines is 2. The van der Waals surface area contributed by atoms with E-state index in [0.717, 1.165) is 12.1 Å². The summed E-state index contributed by atoms with van der Waals surface area (Å²) in [6, 6.07) is 18.2. The lowest BCUT2D eigenvalue weighted by Gasteiger charge is -2.08. The van der Waals surface area contributed by atoms with Crippen LogP contribution < -0.4 is 10.1 Å². The average Bonchev–Trinajstić information content (AvgIpc) is 3.20. The number of halogens is 2. The quantitative estimate of drug-likeness (QED) is 0.327. The predicted octanol–water partition coefficient (Wildman–Crippen LogP) is 6.11. The Morgan fingerprint density at radius 2 is 1.72 bits per heavy atom. The monoisotopic (exact) mass is 472 g/mol. The molecule has 4 rings (SSSR count). The van der Waals surface area contributed by atoms with Gasteiger partial charge in [0.2, 0.25) is 26.6 Å². The number of hydrogen-bond acceptors (Lipinski definition) is 6. The number of rotatable bonds is 7. The predicted molar refractivity (Wildman–Crippen MR) is 120 cm³/mol. The third-order valence-corrected chi connectivity index (χ3v) is 6.51. The van der Waals surface area contributed by atoms with Crippen LogP contribution in [-0.2, 0) is 9.84 Å². The maximum atomic E-state index is 13.3. The lowest BCUT2D eigenvalue weighted by atomic mass is 10.2. The van der Waals surface area contributed by atoms with Crippen molar-refractivity contribution in [3.05, 3.63) is 83.6 Å². The lowest BCUT2D eigenvalue weighted by molar-refractivity contribution is 0.340. The Bertz CT molecular complexity index is 1340. The van der Waals surface area contributed by atoms with Gasteiger partial charge < -0.3 is 14.5 Å². The highest BCUT2D eigenvalue weighted by Crippen LogP contribution is 2.36. The molecule has 0 saturated carbocycles. The number of hydrogen-bond donors (Lipinski definition) is 1. The van der Waals surface area contributed by atoms with E-state index in [1.54, 1.807) is 48.5 Å². The molecule has 1 heterocycles. The van der Waals surface area contributed by atoms with Gasteiger partial charge in [-0.15, -0.1) is 0 Å². The van der Waals surface area contributed by atoms with Gasteiger partial charge >= 0.3 is 0 Å². The summed E-state index contributed by atoms with van der Waals surface area (Å²) >= 11 is 6.25. The molecular formula is C23H18ClFN2O4S. The van der Waals surface area contributed by atoms with Gasteiger partial charge in [0, 0.05) is 5.69 Å². The van der Waals surface area contributed by atoms with E-state index in [2.05, 4.69) is 10.3 Å². The summed E-state index contributed by atoms with van der Waals surface area (Å²) in [5.41, 5.74) is 0.996. The molecule has 0 fully saturated rings. The summed E-state index contributed by atoms with van der Waals surface area (Å²) in [5.74, 6) is 0.0678. The van der Waals surface area contributed by atoms with E-state index in [9.17, 15) is 12.8 Å². The summed E-state index contributed by atoms with van der Waals surface area (Å²) in [7, 11) is -4.13. The van der Waals surface area contributed by atoms with Gasteiger partial charge in [0.15, 0.2) is 0 Å². The first-order chi connectivity index (χ1) is 15.4. The molecule has 0 aliphatic carbocycles. The summed E-state index contributed by atoms with van der Waals surface area (Å²) in [4.78, 5) is 4.12. The zero-order valence-corrected chi connectivity index (χ0v) is 18.5. The van der Waals surface area contributed by atoms with E-state index in [1.165, 1.54) is 12.1 Å². The maximum absolute atomic E-state index is 13.3. The zero-order valence-electron chi connectivity index (χ0n) is 16.9. The maximum Gasteiger partial charge on any atom is 0.238 e. The molecule has 0 atom stereocenters. The molecule has 1 aromatic heterocycles. The van der Waals surface area contributed by atoms with Gasteiger partial charge in [0.25, 0.3) is 0 Å². The highest BCUT2D eigenvalue weighted by atomic mass is 35.5. The zero-order chi connectivity index (χ0) is 22.7. The second kappa shape index (κ2) is 9.02. The molecule has 164 valence electrons. The standard InChI is InChI=1S/C23H18ClFN2O4S/c1-2-30-17-11-9-16(10-12-17)26-22-23(32(28,29)18-13-7-15(25)8-14-18)27-21(31-22)19-5-3-4-6-20(19)24/h3-14,26H,2H2,1H3. The van der Waals surface area contributed by atoms with Crippen LogP contribution in [0.4, 0.5) is 16.0 Å². The molecule has 3 aromatic carbocycles. The Hall–Kier alpha value is -3.36. The van der Waals surface area contributed by atoms with Crippen molar-refractivity contribution in [2.45, 2.75) is 16.8 Å². The molecule has 0 aliphatic heterocycles. The molecule has 0 bridgehead atoms. The summed E-state index contributed by atoms with van der Waals surface area (Å²) in [6.45, 7) is 2.40. The van der Waals surface area contributed by atoms with Crippen LogP contribution in [0.3, 0.4) is 0 Å². The molecular weight excluding hydrogens is 455 g/mol. The second-order valence-corrected chi connectivity index (χ2v) is 8.95. The molecule has 6 nitrogen and oxygen atoms in total. The van der Waals surface area contributed by atoms with Crippen LogP contribution in [-0.4, -0.2) is 20.0 Å². The fraction of sp³-hybridized carbons (Fsp3) is 0.0870. The number of nitrogens with one attached hydrogen (secondary N) is 1. The number of benzene rings is 3. The van der Waals surface area contributed by atoms with E-state index in [4.69, 9.17) is 20.8 Å². The SMILES string of the molecule is CCOc1ccc(Nc2oc(-c3ccccc3Cl)nc2S(=O)(=O)c2ccc(F)cc2)cc1. The molecule has 32 heavy (non-hydrogen) atoms. The van der Waals surface area contributed by atoms with E-state index >= 15 is 0 Å². The molecule has 0 saturated heterocycles. The summed E-state index contributed by atoms with van der Waals surface area (Å²) in [5, 5.41) is 2.97. The van der Waals surface area contributed by atoms with Crippen LogP contribution in [0.25, 0.3) is 11.5 Å². The van der Waals surface area contributed by atoms with Crippen LogP contribution in [0.1, 0.15) is 6.92 Å². The number of nitrogens with zero attached hydrogens (tertiary/aromatic N) is 1. The van der Waals surface area contributed by atoms with Crippen molar-refractivity contribution >= 4 is 33.0 Å². The average molecular weight is 473 g/mol. The van der Waals surface area contributed by atoms with Crippen LogP contribution in [0.2, 0.25) is 5.02 Å². The Morgan fingerprint density at radius 1 is 1.03 bits per heavy atom. The molecule has 4 aromatic rings. The number of oxazole rings is 1. The fourth-order valence-electron chi connectivity index (χ4n) is 2.97. The third kappa shape index (κ3) is 4.46. The largest absolute Gasteiger partial charge is 0.494 e. The van der Waals surface area contributed by atoms with Crippen molar-refractivity contribution < 1.29 is 22.0 Å². The number of sulfone groups is 1. The van der Waals surface area contributed by atoms with Crippen LogP contribution in [0, 0.1) is 5.82 Å². The molecule has 0 unspecified atom stereocenters. The van der Waals surface area contributed by atoms with Gasteiger partial charge in [-0.2, -0.15) is 4.98 Å². The van der Waals surface area contributed by atoms with Crippen LogP contribution in [0.5, 0.6) is 5.75 Å². The Morgan fingerprint density at radius 3 is 2.38 bits per heavy atom. The minimum absolute atomic E-state index is 0.0322. The topological polar surface area (TPSA) is 81.4 Å². The van der Waals surface area contributed by atoms with Gasteiger partial charge in [0.1, 0.15) is 11.6 Å². The van der Waals surface area contributed by atoms with Crippen molar-refractivity contribution in [1.82, 2.24) is 4.98 Å². The Kier molecular flexibility index (Phi) is 6.16. The van der Waals surface area contributed by atoms with E-state index < -0.39 is 15.7 Å². The third-order valence-electron chi connectivity index (χ3n) is 4.50. The first-order valence-corrected chi connectivity index (χ1v) is 11.5. The van der Waals surface area contributed by atoms with E-state index in [0.29, 0.717) is 28.6 Å². The Labute approximate surface area is 189 Å². The van der Waals surface area contributed by atoms with Gasteiger partial charge in [0.05, 0.1) is 22.1 Å². The van der Waals surface area contributed by atoms with Gasteiger partial charge in [-0.1, -0.05) is 23.7 Å². The smallest absolute Gasteiger partial charge is 0.238 e. The minimum Gasteiger partial charge on any atom is -0.494 e. The second-order valence-electron chi connectivity index (χ2n) is 6.67. The first-order valence-electron chi connectivity index (χ1n) is 9.64. The highest BCUT2D eigenvalue weighted by Gasteiger charge is 2.29. The highest BCUT2D eigenvalue weighted by molar-refractivity contribution is 7.91. The Balaban J connectivity index is 1.80. The number of ether oxygens (including phenoxy) is 1. The van der Waals surface area contributed by atoms with Crippen LogP contribution in [0.15, 0.2) is 87.1 Å². The molecule has 0 aliphatic rings. The molecule has 9 heteroatoms. The van der Waals surface area contributed by atoms with E-state index in [-0.39, 0.29) is 21.7 Å². The fourth-order valence-corrected chi connectivity index (χ4v) is 4.45. The molecule has 1 N–H and O–H groups in total. The van der Waals surface area contributed by atoms with Crippen LogP contribution >= 0.6 is 11.6 Å². The molecule has 0 spiro atoms. The van der Waals surface area contributed by atoms with E-state index in [1.807, 2.05) is 6.92 Å². The van der Waals surface area contributed by atoms with Crippen molar-refractivity contribution in [1.29, 1.82) is 0 Å². The minimum atomic E-state index is -4.13. The van der Waals surface area contributed by atoms with Gasteiger partial charge in [-0.3, -0.25) is 0 Å². The van der Waals surface area contributed by atoms with Crippen molar-refractivity contribution in [2.24, 2.45) is 0 Å². The van der Waals surface area contributed by atoms with Crippen molar-refractivity contribution in [3.8, 4) is 17.2 Å². The van der Waals surface area contributed by atoms with Gasteiger partial charge in [-0.05, 0) is 67.6 Å². The lowest BCUT2D eigenvalue weighted by Crippen LogP contribution is -2.05. The summed E-state index contributed by atoms with van der Waals surface area (Å²) < 4.78 is 51.1. The molecule has 0 amide bonds. The number of aromatic nitrogens is 1. The first kappa shape index (κ1) is 21.9. The normalized spacial score (nSPS) is 11.3. The van der Waals surface area contributed by atoms with Gasteiger partial charge in [-0.25, -0.2) is 12.8 Å². The van der Waals surface area contributed by atoms with Crippen molar-refractivity contribution in [3.63, 3.8) is 0 Å². The van der Waals surface area contributed by atoms with Crippen molar-refractivity contribution in [2.75, 3.05) is 11.9 Å². The molecule has 0 radical (unpaired) electrons.